The van der Waals surface area contributed by atoms with Gasteiger partial charge < -0.3 is 10.5 Å². The van der Waals surface area contributed by atoms with E-state index in [2.05, 4.69) is 20.5 Å². The Morgan fingerprint density at radius 2 is 2.08 bits per heavy atom. The molecule has 0 bridgehead atoms. The molecule has 1 amide bonds. The number of nitrogens with two attached hydrogens (primary N) is 1. The van der Waals surface area contributed by atoms with E-state index in [0.29, 0.717) is 0 Å². The van der Waals surface area contributed by atoms with Crippen LogP contribution in [0.1, 0.15) is 0 Å². The fourth-order valence-electron chi connectivity index (χ4n) is 0.613. The molecule has 1 aliphatic heterocycles. The molecule has 0 aromatic rings. The summed E-state index contributed by atoms with van der Waals surface area (Å²) in [5, 5.41) is 10.3. The fourth-order valence-corrected chi connectivity index (χ4v) is 0.613. The lowest BCUT2D eigenvalue weighted by Crippen LogP contribution is -2.39. The van der Waals surface area contributed by atoms with E-state index in [0.717, 1.165) is 12.4 Å². The molecule has 2 N–H and O–H groups in total. The van der Waals surface area contributed by atoms with E-state index >= 15 is 0 Å². The normalized spacial score (nSPS) is 17.7. The van der Waals surface area contributed by atoms with Gasteiger partial charge in [-0.2, -0.15) is 9.98 Å². The molecular formula is C4H4N4O4. The van der Waals surface area contributed by atoms with Crippen molar-refractivity contribution in [3.05, 3.63) is 10.1 Å². The van der Waals surface area contributed by atoms with Crippen molar-refractivity contribution >= 4 is 18.5 Å². The Morgan fingerprint density at radius 3 is 2.42 bits per heavy atom. The highest BCUT2D eigenvalue weighted by Gasteiger charge is 2.48. The number of primary amides is 1. The molecule has 64 valence electrons. The fraction of sp³-hybridized carbons (Fsp3) is 0.250. The molecule has 0 atom stereocenters. The number of hydrogen-bond donors (Lipinski definition) is 1. The van der Waals surface area contributed by atoms with Crippen LogP contribution in [0.3, 0.4) is 0 Å². The number of rotatable bonds is 2. The molecule has 12 heavy (non-hydrogen) atoms. The van der Waals surface area contributed by atoms with Gasteiger partial charge in [-0.15, -0.1) is 0 Å². The van der Waals surface area contributed by atoms with Gasteiger partial charge >= 0.3 is 12.1 Å². The average Bonchev–Trinajstić information content (AvgIpc) is 2.35. The number of nitrogens with zero attached hydrogens (tertiary/aromatic N) is 3. The Balaban J connectivity index is 2.88. The minimum atomic E-state index is -2.40. The lowest BCUT2D eigenvalue weighted by molar-refractivity contribution is -0.615. The third-order valence-corrected chi connectivity index (χ3v) is 1.03. The van der Waals surface area contributed by atoms with Gasteiger partial charge in [-0.1, -0.05) is 0 Å². The van der Waals surface area contributed by atoms with E-state index in [9.17, 15) is 14.9 Å². The maximum atomic E-state index is 10.3. The van der Waals surface area contributed by atoms with Crippen LogP contribution < -0.4 is 5.73 Å². The lowest BCUT2D eigenvalue weighted by Gasteiger charge is -2.10. The zero-order chi connectivity index (χ0) is 9.19. The molecule has 1 aliphatic rings. The number of aliphatic imine (C=N–C) groups is 2. The van der Waals surface area contributed by atoms with Crippen LogP contribution in [-0.4, -0.2) is 29.4 Å². The zero-order valence-electron chi connectivity index (χ0n) is 5.71. The molecule has 0 spiro atoms. The second-order valence-corrected chi connectivity index (χ2v) is 1.81. The van der Waals surface area contributed by atoms with Crippen molar-refractivity contribution in [3.8, 4) is 0 Å². The van der Waals surface area contributed by atoms with Gasteiger partial charge in [-0.25, -0.2) is 4.79 Å². The summed E-state index contributed by atoms with van der Waals surface area (Å²) in [6.45, 7) is 0. The monoisotopic (exact) mass is 172 g/mol. The summed E-state index contributed by atoms with van der Waals surface area (Å²) in [6.07, 6.45) is 0.792. The van der Waals surface area contributed by atoms with Gasteiger partial charge in [-0.05, 0) is 0 Å². The number of ether oxygens (including phenoxy) is 1. The minimum Gasteiger partial charge on any atom is -0.340 e. The molecule has 0 saturated carbocycles. The summed E-state index contributed by atoms with van der Waals surface area (Å²) in [7, 11) is 0. The van der Waals surface area contributed by atoms with Crippen LogP contribution in [0.4, 0.5) is 4.79 Å². The third kappa shape index (κ3) is 1.21. The van der Waals surface area contributed by atoms with E-state index in [4.69, 9.17) is 0 Å². The summed E-state index contributed by atoms with van der Waals surface area (Å²) in [5.74, 6) is -2.40. The first-order valence-corrected chi connectivity index (χ1v) is 2.79. The Morgan fingerprint density at radius 1 is 1.58 bits per heavy atom. The van der Waals surface area contributed by atoms with Gasteiger partial charge in [0.1, 0.15) is 4.92 Å². The van der Waals surface area contributed by atoms with Crippen molar-refractivity contribution in [1.82, 2.24) is 0 Å². The van der Waals surface area contributed by atoms with Crippen LogP contribution in [0.2, 0.25) is 0 Å². The average molecular weight is 172 g/mol. The number of carbonyl (C=O) groups excluding carboxylic acids is 1. The van der Waals surface area contributed by atoms with Crippen molar-refractivity contribution in [2.45, 2.75) is 5.97 Å². The predicted molar refractivity (Wildman–Crippen MR) is 37.4 cm³/mol. The lowest BCUT2D eigenvalue weighted by atomic mass is 10.8. The molecule has 0 saturated heterocycles. The molecule has 0 aliphatic carbocycles. The van der Waals surface area contributed by atoms with Gasteiger partial charge in [0.2, 0.25) is 0 Å². The third-order valence-electron chi connectivity index (χ3n) is 1.03. The highest BCUT2D eigenvalue weighted by atomic mass is 16.7. The second-order valence-electron chi connectivity index (χ2n) is 1.81. The molecule has 0 radical (unpaired) electrons. The van der Waals surface area contributed by atoms with E-state index in [-0.39, 0.29) is 0 Å². The van der Waals surface area contributed by atoms with Crippen molar-refractivity contribution in [2.24, 2.45) is 15.7 Å². The molecule has 0 aromatic heterocycles. The Kier molecular flexibility index (Phi) is 1.73. The predicted octanol–water partition coefficient (Wildman–Crippen LogP) is -0.875. The van der Waals surface area contributed by atoms with Crippen LogP contribution in [0.25, 0.3) is 0 Å². The Labute approximate surface area is 65.9 Å². The zero-order valence-corrected chi connectivity index (χ0v) is 5.71. The summed E-state index contributed by atoms with van der Waals surface area (Å²) in [5.41, 5.74) is 4.58. The molecule has 1 rings (SSSR count). The second kappa shape index (κ2) is 2.57. The van der Waals surface area contributed by atoms with E-state index < -0.39 is 17.0 Å². The molecule has 8 heteroatoms. The standard InChI is InChI=1S/C4H4N4O4/c5-3(9)12-4(8(10)11)6-1-2-7-4/h1-2H,(H2,5,9). The first-order valence-electron chi connectivity index (χ1n) is 2.79. The van der Waals surface area contributed by atoms with E-state index in [1.165, 1.54) is 0 Å². The van der Waals surface area contributed by atoms with Crippen LogP contribution in [-0.2, 0) is 4.74 Å². The number of carbonyl (C=O) groups is 1. The summed E-state index contributed by atoms with van der Waals surface area (Å²) < 4.78 is 4.10. The molecule has 0 unspecified atom stereocenters. The van der Waals surface area contributed by atoms with Gasteiger partial charge in [0, 0.05) is 0 Å². The molecule has 1 heterocycles. The maximum absolute atomic E-state index is 10.3. The largest absolute Gasteiger partial charge is 0.583 e. The molecule has 0 fully saturated rings. The quantitative estimate of drug-likeness (QED) is 0.330. The van der Waals surface area contributed by atoms with Crippen LogP contribution in [0, 0.1) is 10.1 Å². The minimum absolute atomic E-state index is 0.961. The number of amides is 1. The summed E-state index contributed by atoms with van der Waals surface area (Å²) in [6, 6.07) is 0. The smallest absolute Gasteiger partial charge is 0.340 e. The molecule has 8 nitrogen and oxygen atoms in total. The van der Waals surface area contributed by atoms with Gasteiger partial charge in [0.15, 0.2) is 0 Å². The van der Waals surface area contributed by atoms with Crippen molar-refractivity contribution in [2.75, 3.05) is 0 Å². The first kappa shape index (κ1) is 8.11. The topological polar surface area (TPSA) is 120 Å². The van der Waals surface area contributed by atoms with Crippen LogP contribution in [0.5, 0.6) is 0 Å². The van der Waals surface area contributed by atoms with Crippen molar-refractivity contribution in [1.29, 1.82) is 0 Å². The van der Waals surface area contributed by atoms with Crippen molar-refractivity contribution in [3.63, 3.8) is 0 Å². The first-order chi connectivity index (χ1) is 5.57. The Bertz CT molecular complexity index is 271. The van der Waals surface area contributed by atoms with E-state index in [1.807, 2.05) is 0 Å². The number of hydrogen-bond acceptors (Lipinski definition) is 6. The van der Waals surface area contributed by atoms with Crippen LogP contribution >= 0.6 is 0 Å². The Hall–Kier alpha value is -1.99. The van der Waals surface area contributed by atoms with Crippen molar-refractivity contribution < 1.29 is 14.5 Å². The van der Waals surface area contributed by atoms with Gasteiger partial charge in [0.25, 0.3) is 0 Å². The molecular weight excluding hydrogens is 168 g/mol. The highest BCUT2D eigenvalue weighted by Crippen LogP contribution is 2.17. The van der Waals surface area contributed by atoms with Gasteiger partial charge in [0.05, 0.1) is 12.4 Å². The maximum Gasteiger partial charge on any atom is 0.583 e. The van der Waals surface area contributed by atoms with E-state index in [1.54, 1.807) is 0 Å². The highest BCUT2D eigenvalue weighted by molar-refractivity contribution is 6.17. The number of nitro groups is 1. The molecule has 0 aromatic carbocycles. The van der Waals surface area contributed by atoms with Crippen LogP contribution in [0.15, 0.2) is 9.98 Å². The summed E-state index contributed by atoms with van der Waals surface area (Å²) in [4.78, 5) is 26.0. The van der Waals surface area contributed by atoms with Gasteiger partial charge in [-0.3, -0.25) is 10.1 Å². The SMILES string of the molecule is NC(=O)OC1([N+](=O)[O-])N=CC=N1. The summed E-state index contributed by atoms with van der Waals surface area (Å²) >= 11 is 0.